The highest BCUT2D eigenvalue weighted by atomic mass is 16.2. The molecule has 1 N–H and O–H groups in total. The lowest BCUT2D eigenvalue weighted by molar-refractivity contribution is -0.132. The molecule has 2 heterocycles. The first kappa shape index (κ1) is 18.4. The Balaban J connectivity index is 1.55. The molecular weight excluding hydrogens is 330 g/mol. The van der Waals surface area contributed by atoms with Crippen LogP contribution in [-0.2, 0) is 16.0 Å². The highest BCUT2D eigenvalue weighted by molar-refractivity contribution is 6.04. The number of hydrogen-bond donors (Lipinski definition) is 1. The van der Waals surface area contributed by atoms with E-state index in [0.29, 0.717) is 32.4 Å². The van der Waals surface area contributed by atoms with Crippen molar-refractivity contribution in [3.8, 4) is 0 Å². The van der Waals surface area contributed by atoms with Crippen LogP contribution in [0.1, 0.15) is 38.7 Å². The van der Waals surface area contributed by atoms with Crippen molar-refractivity contribution in [1.29, 1.82) is 0 Å². The van der Waals surface area contributed by atoms with E-state index in [9.17, 15) is 14.4 Å². The minimum absolute atomic E-state index is 0.0851. The van der Waals surface area contributed by atoms with Gasteiger partial charge in [-0.3, -0.25) is 14.5 Å². The maximum absolute atomic E-state index is 12.6. The Morgan fingerprint density at radius 2 is 2.00 bits per heavy atom. The lowest BCUT2D eigenvalue weighted by Crippen LogP contribution is -2.43. The van der Waals surface area contributed by atoms with Gasteiger partial charge in [0, 0.05) is 19.5 Å². The highest BCUT2D eigenvalue weighted by Gasteiger charge is 2.45. The molecule has 2 aliphatic heterocycles. The van der Waals surface area contributed by atoms with Crippen molar-refractivity contribution in [3.05, 3.63) is 35.9 Å². The van der Waals surface area contributed by atoms with Crippen LogP contribution in [0.15, 0.2) is 30.3 Å². The molecule has 4 amide bonds. The third-order valence-corrected chi connectivity index (χ3v) is 5.57. The number of likely N-dealkylation sites (tertiary alicyclic amines) is 1. The molecule has 6 nitrogen and oxygen atoms in total. The predicted molar refractivity (Wildman–Crippen MR) is 98.4 cm³/mol. The Bertz CT molecular complexity index is 676. The fourth-order valence-corrected chi connectivity index (χ4v) is 3.71. The first-order valence-electron chi connectivity index (χ1n) is 9.46. The van der Waals surface area contributed by atoms with Crippen LogP contribution in [0.4, 0.5) is 4.79 Å². The van der Waals surface area contributed by atoms with Crippen molar-refractivity contribution in [3.63, 3.8) is 0 Å². The van der Waals surface area contributed by atoms with Gasteiger partial charge in [-0.25, -0.2) is 4.79 Å². The van der Waals surface area contributed by atoms with E-state index in [0.717, 1.165) is 12.0 Å². The largest absolute Gasteiger partial charge is 0.341 e. The molecule has 0 radical (unpaired) electrons. The summed E-state index contributed by atoms with van der Waals surface area (Å²) in [6.45, 7) is 5.03. The average molecular weight is 357 g/mol. The quantitative estimate of drug-likeness (QED) is 0.794. The zero-order valence-electron chi connectivity index (χ0n) is 15.5. The van der Waals surface area contributed by atoms with E-state index in [-0.39, 0.29) is 29.8 Å². The molecule has 1 aromatic carbocycles. The average Bonchev–Trinajstić information content (AvgIpc) is 3.24. The number of amides is 4. The van der Waals surface area contributed by atoms with Gasteiger partial charge in [-0.15, -0.1) is 0 Å². The number of hydrogen-bond acceptors (Lipinski definition) is 3. The number of carbonyl (C=O) groups excluding carboxylic acids is 3. The second-order valence-corrected chi connectivity index (χ2v) is 7.29. The number of aryl methyl sites for hydroxylation is 1. The zero-order chi connectivity index (χ0) is 18.7. The molecule has 0 aliphatic carbocycles. The Morgan fingerprint density at radius 3 is 2.69 bits per heavy atom. The van der Waals surface area contributed by atoms with Crippen LogP contribution in [0, 0.1) is 5.92 Å². The molecular formula is C20H27N3O3. The third kappa shape index (κ3) is 3.74. The van der Waals surface area contributed by atoms with E-state index in [4.69, 9.17) is 0 Å². The van der Waals surface area contributed by atoms with Crippen LogP contribution in [0.2, 0.25) is 0 Å². The normalized spacial score (nSPS) is 24.1. The maximum Gasteiger partial charge on any atom is 0.325 e. The van der Waals surface area contributed by atoms with Gasteiger partial charge in [0.25, 0.3) is 5.91 Å². The summed E-state index contributed by atoms with van der Waals surface area (Å²) in [5, 5.41) is 2.81. The van der Waals surface area contributed by atoms with Crippen LogP contribution in [-0.4, -0.2) is 52.8 Å². The van der Waals surface area contributed by atoms with E-state index in [1.807, 2.05) is 44.2 Å². The van der Waals surface area contributed by atoms with Gasteiger partial charge in [0.15, 0.2) is 0 Å². The second kappa shape index (κ2) is 7.89. The van der Waals surface area contributed by atoms with Gasteiger partial charge in [-0.1, -0.05) is 50.6 Å². The molecule has 26 heavy (non-hydrogen) atoms. The molecule has 0 saturated carbocycles. The summed E-state index contributed by atoms with van der Waals surface area (Å²) in [7, 11) is 0. The molecule has 1 unspecified atom stereocenters. The Morgan fingerprint density at radius 1 is 1.27 bits per heavy atom. The molecule has 2 saturated heterocycles. The van der Waals surface area contributed by atoms with Crippen LogP contribution in [0.25, 0.3) is 0 Å². The van der Waals surface area contributed by atoms with Crippen LogP contribution < -0.4 is 5.32 Å². The van der Waals surface area contributed by atoms with Gasteiger partial charge >= 0.3 is 6.03 Å². The van der Waals surface area contributed by atoms with Crippen LogP contribution in [0.3, 0.4) is 0 Å². The number of nitrogens with zero attached hydrogens (tertiary/aromatic N) is 2. The minimum atomic E-state index is -0.435. The Labute approximate surface area is 154 Å². The van der Waals surface area contributed by atoms with Crippen molar-refractivity contribution in [2.24, 2.45) is 5.92 Å². The summed E-state index contributed by atoms with van der Waals surface area (Å²) >= 11 is 0. The molecule has 6 heteroatoms. The van der Waals surface area contributed by atoms with E-state index < -0.39 is 6.04 Å². The van der Waals surface area contributed by atoms with E-state index >= 15 is 0 Å². The van der Waals surface area contributed by atoms with Gasteiger partial charge < -0.3 is 10.2 Å². The molecule has 0 bridgehead atoms. The summed E-state index contributed by atoms with van der Waals surface area (Å²) in [4.78, 5) is 40.5. The topological polar surface area (TPSA) is 69.7 Å². The van der Waals surface area contributed by atoms with Crippen molar-refractivity contribution in [2.75, 3.05) is 13.1 Å². The number of nitrogens with one attached hydrogen (secondary N) is 1. The summed E-state index contributed by atoms with van der Waals surface area (Å²) < 4.78 is 0. The number of rotatable bonds is 6. The smallest absolute Gasteiger partial charge is 0.325 e. The van der Waals surface area contributed by atoms with Crippen molar-refractivity contribution >= 4 is 17.8 Å². The Hall–Kier alpha value is -2.37. The molecule has 3 atom stereocenters. The third-order valence-electron chi connectivity index (χ3n) is 5.57. The van der Waals surface area contributed by atoms with Gasteiger partial charge in [0.1, 0.15) is 6.04 Å². The fraction of sp³-hybridized carbons (Fsp3) is 0.550. The SMILES string of the molecule is CC[C@H](C)[C@@H]1NC(=O)N(C2CCN(C(=O)CCc3ccccc3)C2)C1=O. The monoisotopic (exact) mass is 357 g/mol. The molecule has 1 aromatic rings. The highest BCUT2D eigenvalue weighted by Crippen LogP contribution is 2.24. The van der Waals surface area contributed by atoms with Crippen molar-refractivity contribution in [2.45, 2.75) is 51.6 Å². The van der Waals surface area contributed by atoms with Crippen LogP contribution in [0.5, 0.6) is 0 Å². The van der Waals surface area contributed by atoms with Gasteiger partial charge in [-0.05, 0) is 24.3 Å². The Kier molecular flexibility index (Phi) is 5.59. The first-order valence-corrected chi connectivity index (χ1v) is 9.46. The molecule has 140 valence electrons. The summed E-state index contributed by atoms with van der Waals surface area (Å²) in [6.07, 6.45) is 2.65. The van der Waals surface area contributed by atoms with Gasteiger partial charge in [-0.2, -0.15) is 0 Å². The lowest BCUT2D eigenvalue weighted by atomic mass is 9.99. The summed E-state index contributed by atoms with van der Waals surface area (Å²) in [5.41, 5.74) is 1.14. The fourth-order valence-electron chi connectivity index (χ4n) is 3.71. The molecule has 0 spiro atoms. The summed E-state index contributed by atoms with van der Waals surface area (Å²) in [6, 6.07) is 8.97. The number of carbonyl (C=O) groups is 3. The number of urea groups is 1. The second-order valence-electron chi connectivity index (χ2n) is 7.29. The minimum Gasteiger partial charge on any atom is -0.341 e. The van der Waals surface area contributed by atoms with E-state index in [2.05, 4.69) is 5.32 Å². The molecule has 2 aliphatic rings. The molecule has 0 aromatic heterocycles. The van der Waals surface area contributed by atoms with E-state index in [1.165, 1.54) is 4.90 Å². The van der Waals surface area contributed by atoms with Gasteiger partial charge in [0.2, 0.25) is 5.91 Å². The summed E-state index contributed by atoms with van der Waals surface area (Å²) in [5.74, 6) is 0.0521. The molecule has 2 fully saturated rings. The molecule has 3 rings (SSSR count). The number of imide groups is 1. The van der Waals surface area contributed by atoms with Crippen molar-refractivity contribution < 1.29 is 14.4 Å². The van der Waals surface area contributed by atoms with Crippen molar-refractivity contribution in [1.82, 2.24) is 15.1 Å². The first-order chi connectivity index (χ1) is 12.5. The lowest BCUT2D eigenvalue weighted by Gasteiger charge is -2.22. The standard InChI is InChI=1S/C20H27N3O3/c1-3-14(2)18-19(25)23(20(26)21-18)16-11-12-22(13-16)17(24)10-9-15-7-5-4-6-8-15/h4-8,14,16,18H,3,9-13H2,1-2H3,(H,21,26)/t14-,16?,18-/m0/s1. The zero-order valence-corrected chi connectivity index (χ0v) is 15.5. The maximum atomic E-state index is 12.6. The van der Waals surface area contributed by atoms with E-state index in [1.54, 1.807) is 4.90 Å². The number of benzene rings is 1. The van der Waals surface area contributed by atoms with Gasteiger partial charge in [0.05, 0.1) is 6.04 Å². The predicted octanol–water partition coefficient (Wildman–Crippen LogP) is 2.19. The van der Waals surface area contributed by atoms with Crippen LogP contribution >= 0.6 is 0 Å².